The number of nitrogens with one attached hydrogen (secondary N) is 1. The van der Waals surface area contributed by atoms with Crippen LogP contribution in [-0.2, 0) is 4.79 Å². The van der Waals surface area contributed by atoms with Crippen molar-refractivity contribution < 1.29 is 19.6 Å². The van der Waals surface area contributed by atoms with Crippen molar-refractivity contribution in [3.8, 4) is 0 Å². The number of benzene rings is 1. The molecule has 0 spiro atoms. The minimum Gasteiger partial charge on any atom is -0.479 e. The van der Waals surface area contributed by atoms with Gasteiger partial charge in [-0.1, -0.05) is 41.7 Å². The zero-order chi connectivity index (χ0) is 15.4. The smallest absolute Gasteiger partial charge is 0.330 e. The molecule has 2 aromatic rings. The summed E-state index contributed by atoms with van der Waals surface area (Å²) in [6.45, 7) is 0. The van der Waals surface area contributed by atoms with Crippen LogP contribution in [-0.4, -0.2) is 21.9 Å². The lowest BCUT2D eigenvalue weighted by Crippen LogP contribution is -2.33. The van der Waals surface area contributed by atoms with Crippen molar-refractivity contribution >= 4 is 28.2 Å². The van der Waals surface area contributed by atoms with Crippen molar-refractivity contribution in [1.82, 2.24) is 5.32 Å². The van der Waals surface area contributed by atoms with Gasteiger partial charge in [-0.15, -0.1) is 0 Å². The molecule has 0 aliphatic heterocycles. The lowest BCUT2D eigenvalue weighted by atomic mass is 10.1. The number of carboxylic acid groups (broad SMARTS) is 1. The monoisotopic (exact) mass is 306 g/mol. The summed E-state index contributed by atoms with van der Waals surface area (Å²) in [5.74, 6) is -1.88. The predicted octanol–water partition coefficient (Wildman–Crippen LogP) is 2.21. The number of carbonyl (C=O) groups excluding carboxylic acids is 1. The lowest BCUT2D eigenvalue weighted by Gasteiger charge is -2.14. The molecule has 0 radical (unpaired) electrons. The number of rotatable bonds is 5. The third-order valence-electron chi connectivity index (χ3n) is 2.68. The molecule has 1 amide bonds. The molecule has 1 aromatic heterocycles. The van der Waals surface area contributed by atoms with Gasteiger partial charge in [-0.25, -0.2) is 4.79 Å². The fourth-order valence-corrected chi connectivity index (χ4v) is 2.39. The van der Waals surface area contributed by atoms with Crippen LogP contribution in [0.5, 0.6) is 0 Å². The van der Waals surface area contributed by atoms with Crippen LogP contribution in [0, 0.1) is 10.1 Å². The first kappa shape index (κ1) is 14.7. The van der Waals surface area contributed by atoms with E-state index in [1.807, 2.05) is 0 Å². The molecule has 0 aliphatic rings. The van der Waals surface area contributed by atoms with E-state index in [0.29, 0.717) is 5.56 Å². The first-order valence-electron chi connectivity index (χ1n) is 5.80. The first-order chi connectivity index (χ1) is 9.99. The van der Waals surface area contributed by atoms with Crippen LogP contribution in [0.2, 0.25) is 0 Å². The highest BCUT2D eigenvalue weighted by Gasteiger charge is 2.24. The molecule has 0 unspecified atom stereocenters. The number of carboxylic acids is 1. The van der Waals surface area contributed by atoms with Gasteiger partial charge in [0, 0.05) is 11.4 Å². The van der Waals surface area contributed by atoms with Gasteiger partial charge in [0.1, 0.15) is 0 Å². The molecular formula is C13H10N2O5S. The minimum atomic E-state index is -1.21. The summed E-state index contributed by atoms with van der Waals surface area (Å²) in [6, 6.07) is 8.11. The molecule has 0 saturated carbocycles. The first-order valence-corrected chi connectivity index (χ1v) is 6.68. The van der Waals surface area contributed by atoms with Crippen molar-refractivity contribution in [3.63, 3.8) is 0 Å². The van der Waals surface area contributed by atoms with E-state index in [1.54, 1.807) is 30.3 Å². The summed E-state index contributed by atoms with van der Waals surface area (Å²) in [7, 11) is 0. The van der Waals surface area contributed by atoms with Gasteiger partial charge in [0.15, 0.2) is 6.04 Å². The quantitative estimate of drug-likeness (QED) is 0.650. The van der Waals surface area contributed by atoms with Gasteiger partial charge < -0.3 is 10.4 Å². The molecule has 0 fully saturated rings. The number of carbonyl (C=O) groups is 2. The van der Waals surface area contributed by atoms with Crippen LogP contribution in [0.1, 0.15) is 22.0 Å². The fraction of sp³-hybridized carbons (Fsp3) is 0.0769. The highest BCUT2D eigenvalue weighted by molar-refractivity contribution is 7.13. The van der Waals surface area contributed by atoms with Crippen LogP contribution < -0.4 is 5.32 Å². The molecule has 1 atom stereocenters. The molecule has 7 nitrogen and oxygen atoms in total. The van der Waals surface area contributed by atoms with Crippen molar-refractivity contribution in [2.24, 2.45) is 0 Å². The van der Waals surface area contributed by atoms with E-state index < -0.39 is 22.8 Å². The lowest BCUT2D eigenvalue weighted by molar-refractivity contribution is -0.380. The van der Waals surface area contributed by atoms with E-state index in [1.165, 1.54) is 5.38 Å². The van der Waals surface area contributed by atoms with Gasteiger partial charge in [0.05, 0.1) is 10.5 Å². The zero-order valence-corrected chi connectivity index (χ0v) is 11.4. The highest BCUT2D eigenvalue weighted by Crippen LogP contribution is 2.23. The van der Waals surface area contributed by atoms with Crippen molar-refractivity contribution in [2.45, 2.75) is 6.04 Å². The summed E-state index contributed by atoms with van der Waals surface area (Å²) in [6.07, 6.45) is 0. The van der Waals surface area contributed by atoms with Crippen LogP contribution in [0.15, 0.2) is 41.8 Å². The number of amides is 1. The molecule has 21 heavy (non-hydrogen) atoms. The van der Waals surface area contributed by atoms with E-state index in [-0.39, 0.29) is 10.6 Å². The van der Waals surface area contributed by atoms with Gasteiger partial charge in [0.25, 0.3) is 5.91 Å². The Kier molecular flexibility index (Phi) is 4.29. The number of hydrogen-bond donors (Lipinski definition) is 2. The van der Waals surface area contributed by atoms with Gasteiger partial charge in [-0.3, -0.25) is 14.9 Å². The maximum atomic E-state index is 12.0. The number of nitrogens with zero attached hydrogens (tertiary/aromatic N) is 1. The Balaban J connectivity index is 2.19. The van der Waals surface area contributed by atoms with E-state index in [2.05, 4.69) is 5.32 Å². The zero-order valence-electron chi connectivity index (χ0n) is 10.6. The maximum Gasteiger partial charge on any atom is 0.330 e. The average Bonchev–Trinajstić information content (AvgIpc) is 2.95. The molecule has 2 N–H and O–H groups in total. The topological polar surface area (TPSA) is 110 Å². The van der Waals surface area contributed by atoms with E-state index in [4.69, 9.17) is 0 Å². The van der Waals surface area contributed by atoms with Crippen molar-refractivity contribution in [3.05, 3.63) is 63.0 Å². The summed E-state index contributed by atoms with van der Waals surface area (Å²) >= 11 is 0.810. The SMILES string of the molecule is O=C(N[C@H](C(=O)O)c1ccccc1)c1csc([N+](=O)[O-])c1. The third-order valence-corrected chi connectivity index (χ3v) is 3.56. The Bertz CT molecular complexity index is 683. The van der Waals surface area contributed by atoms with Gasteiger partial charge in [0.2, 0.25) is 0 Å². The molecule has 108 valence electrons. The van der Waals surface area contributed by atoms with Crippen molar-refractivity contribution in [2.75, 3.05) is 0 Å². The van der Waals surface area contributed by atoms with Crippen LogP contribution in [0.4, 0.5) is 5.00 Å². The number of hydrogen-bond acceptors (Lipinski definition) is 5. The molecule has 0 saturated heterocycles. The Morgan fingerprint density at radius 2 is 1.95 bits per heavy atom. The number of thiophene rings is 1. The fourth-order valence-electron chi connectivity index (χ4n) is 1.69. The molecular weight excluding hydrogens is 296 g/mol. The van der Waals surface area contributed by atoms with E-state index >= 15 is 0 Å². The normalized spacial score (nSPS) is 11.6. The highest BCUT2D eigenvalue weighted by atomic mass is 32.1. The molecule has 1 aromatic carbocycles. The second-order valence-electron chi connectivity index (χ2n) is 4.09. The summed E-state index contributed by atoms with van der Waals surface area (Å²) in [5, 5.41) is 23.3. The second-order valence-corrected chi connectivity index (χ2v) is 4.98. The minimum absolute atomic E-state index is 0.0638. The Morgan fingerprint density at radius 1 is 1.29 bits per heavy atom. The van der Waals surface area contributed by atoms with Gasteiger partial charge in [-0.2, -0.15) is 0 Å². The summed E-state index contributed by atoms with van der Waals surface area (Å²) in [5.41, 5.74) is 0.483. The predicted molar refractivity (Wildman–Crippen MR) is 75.3 cm³/mol. The Hall–Kier alpha value is -2.74. The summed E-state index contributed by atoms with van der Waals surface area (Å²) < 4.78 is 0. The van der Waals surface area contributed by atoms with Crippen molar-refractivity contribution in [1.29, 1.82) is 0 Å². The molecule has 0 aliphatic carbocycles. The summed E-state index contributed by atoms with van der Waals surface area (Å²) in [4.78, 5) is 33.2. The molecule has 8 heteroatoms. The van der Waals surface area contributed by atoms with E-state index in [9.17, 15) is 24.8 Å². The maximum absolute atomic E-state index is 12.0. The van der Waals surface area contributed by atoms with Crippen LogP contribution in [0.25, 0.3) is 0 Å². The second kappa shape index (κ2) is 6.14. The molecule has 0 bridgehead atoms. The average molecular weight is 306 g/mol. The largest absolute Gasteiger partial charge is 0.479 e. The Labute approximate surface area is 123 Å². The van der Waals surface area contributed by atoms with Gasteiger partial charge in [-0.05, 0) is 5.56 Å². The molecule has 2 rings (SSSR count). The van der Waals surface area contributed by atoms with Gasteiger partial charge >= 0.3 is 11.0 Å². The number of aliphatic carboxylic acids is 1. The van der Waals surface area contributed by atoms with E-state index in [0.717, 1.165) is 17.4 Å². The third kappa shape index (κ3) is 3.42. The Morgan fingerprint density at radius 3 is 2.48 bits per heavy atom. The molecule has 1 heterocycles. The van der Waals surface area contributed by atoms with Crippen LogP contribution in [0.3, 0.4) is 0 Å². The number of nitro groups is 1. The van der Waals surface area contributed by atoms with Crippen LogP contribution >= 0.6 is 11.3 Å². The standard InChI is InChI=1S/C13H10N2O5S/c16-12(9-6-10(15(19)20)21-7-9)14-11(13(17)18)8-4-2-1-3-5-8/h1-7,11H,(H,14,16)(H,17,18)/t11-/m0/s1.